The quantitative estimate of drug-likeness (QED) is 0.250. The normalized spacial score (nSPS) is 13.0. The van der Waals surface area contributed by atoms with Crippen molar-refractivity contribution in [2.75, 3.05) is 6.61 Å². The van der Waals surface area contributed by atoms with Gasteiger partial charge in [0.15, 0.2) is 0 Å². The van der Waals surface area contributed by atoms with Gasteiger partial charge in [0.25, 0.3) is 5.78 Å². The van der Waals surface area contributed by atoms with E-state index < -0.39 is 12.0 Å². The maximum Gasteiger partial charge on any atom is 0.454 e. The van der Waals surface area contributed by atoms with E-state index in [0.29, 0.717) is 18.6 Å². The summed E-state index contributed by atoms with van der Waals surface area (Å²) >= 11 is 0. The Morgan fingerprint density at radius 2 is 1.79 bits per heavy atom. The van der Waals surface area contributed by atoms with Crippen LogP contribution < -0.4 is 4.74 Å². The van der Waals surface area contributed by atoms with Crippen molar-refractivity contribution >= 4 is 11.4 Å². The number of allylic oxidation sites excluding steroid dienone is 4. The SMILES string of the molecule is CCCCOc1c(C(C)=CC=CC(=O)C(F)(F)F)cc(C(C)C)cc1C(C)C. The molecule has 28 heavy (non-hydrogen) atoms. The minimum atomic E-state index is -4.85. The molecule has 0 fully saturated rings. The summed E-state index contributed by atoms with van der Waals surface area (Å²) in [6.45, 7) is 12.9. The molecule has 0 bridgehead atoms. The van der Waals surface area contributed by atoms with Crippen LogP contribution in [0.4, 0.5) is 13.2 Å². The summed E-state index contributed by atoms with van der Waals surface area (Å²) in [6.07, 6.45) is 0.308. The zero-order valence-corrected chi connectivity index (χ0v) is 17.6. The first-order chi connectivity index (χ1) is 13.0. The van der Waals surface area contributed by atoms with Gasteiger partial charge in [-0.1, -0.05) is 59.3 Å². The first-order valence-electron chi connectivity index (χ1n) is 9.76. The largest absolute Gasteiger partial charge is 0.493 e. The van der Waals surface area contributed by atoms with E-state index in [1.165, 1.54) is 6.08 Å². The minimum Gasteiger partial charge on any atom is -0.493 e. The lowest BCUT2D eigenvalue weighted by Crippen LogP contribution is -2.19. The number of carbonyl (C=O) groups is 1. The molecule has 0 aliphatic carbocycles. The summed E-state index contributed by atoms with van der Waals surface area (Å²) in [5.74, 6) is -0.549. The first-order valence-corrected chi connectivity index (χ1v) is 9.76. The molecule has 0 aromatic heterocycles. The first kappa shape index (κ1) is 24.0. The molecule has 1 rings (SSSR count). The predicted molar refractivity (Wildman–Crippen MR) is 109 cm³/mol. The van der Waals surface area contributed by atoms with Crippen molar-refractivity contribution in [1.29, 1.82) is 0 Å². The van der Waals surface area contributed by atoms with Crippen molar-refractivity contribution in [3.8, 4) is 5.75 Å². The molecular formula is C23H31F3O2. The highest BCUT2D eigenvalue weighted by Crippen LogP contribution is 2.37. The maximum absolute atomic E-state index is 12.4. The average molecular weight is 396 g/mol. The molecule has 0 heterocycles. The fourth-order valence-corrected chi connectivity index (χ4v) is 2.67. The smallest absolute Gasteiger partial charge is 0.454 e. The van der Waals surface area contributed by atoms with Crippen LogP contribution in [0, 0.1) is 0 Å². The lowest BCUT2D eigenvalue weighted by molar-refractivity contribution is -0.165. The molecular weight excluding hydrogens is 365 g/mol. The summed E-state index contributed by atoms with van der Waals surface area (Å²) in [5.41, 5.74) is 3.84. The third kappa shape index (κ3) is 6.84. The molecule has 0 spiro atoms. The minimum absolute atomic E-state index is 0.240. The predicted octanol–water partition coefficient (Wildman–Crippen LogP) is 7.20. The molecule has 0 radical (unpaired) electrons. The summed E-state index contributed by atoms with van der Waals surface area (Å²) < 4.78 is 43.2. The molecule has 0 saturated heterocycles. The highest BCUT2D eigenvalue weighted by atomic mass is 19.4. The highest BCUT2D eigenvalue weighted by Gasteiger charge is 2.35. The molecule has 0 N–H and O–H groups in total. The number of hydrogen-bond donors (Lipinski definition) is 0. The van der Waals surface area contributed by atoms with Gasteiger partial charge in [0, 0.05) is 5.56 Å². The number of rotatable bonds is 9. The van der Waals surface area contributed by atoms with Gasteiger partial charge in [-0.15, -0.1) is 0 Å². The summed E-state index contributed by atoms with van der Waals surface area (Å²) in [4.78, 5) is 11.0. The van der Waals surface area contributed by atoms with Crippen molar-refractivity contribution < 1.29 is 22.7 Å². The van der Waals surface area contributed by atoms with Gasteiger partial charge in [0.1, 0.15) is 5.75 Å². The van der Waals surface area contributed by atoms with Gasteiger partial charge in [-0.05, 0) is 54.0 Å². The standard InChI is InChI=1S/C23H31F3O2/c1-7-8-12-28-22-19(16(4)5)13-18(15(2)3)14-20(22)17(6)10-9-11-21(27)23(24,25)26/h9-11,13-16H,7-8,12H2,1-6H3. The average Bonchev–Trinajstić information content (AvgIpc) is 2.60. The van der Waals surface area contributed by atoms with Crippen LogP contribution in [0.5, 0.6) is 5.75 Å². The van der Waals surface area contributed by atoms with Crippen LogP contribution in [0.1, 0.15) is 82.9 Å². The zero-order chi connectivity index (χ0) is 21.5. The van der Waals surface area contributed by atoms with E-state index in [-0.39, 0.29) is 5.92 Å². The van der Waals surface area contributed by atoms with Crippen molar-refractivity contribution in [3.63, 3.8) is 0 Å². The Labute approximate surface area is 166 Å². The van der Waals surface area contributed by atoms with Crippen LogP contribution in [-0.4, -0.2) is 18.6 Å². The Morgan fingerprint density at radius 3 is 2.29 bits per heavy atom. The second-order valence-corrected chi connectivity index (χ2v) is 7.57. The third-order valence-electron chi connectivity index (χ3n) is 4.47. The van der Waals surface area contributed by atoms with E-state index in [9.17, 15) is 18.0 Å². The number of halogens is 3. The number of hydrogen-bond acceptors (Lipinski definition) is 2. The van der Waals surface area contributed by atoms with Crippen molar-refractivity contribution in [3.05, 3.63) is 47.1 Å². The van der Waals surface area contributed by atoms with Gasteiger partial charge < -0.3 is 4.74 Å². The molecule has 0 aliphatic rings. The number of alkyl halides is 3. The molecule has 1 aromatic rings. The van der Waals surface area contributed by atoms with Crippen LogP contribution in [0.3, 0.4) is 0 Å². The van der Waals surface area contributed by atoms with Crippen LogP contribution >= 0.6 is 0 Å². The zero-order valence-electron chi connectivity index (χ0n) is 17.6. The third-order valence-corrected chi connectivity index (χ3v) is 4.47. The lowest BCUT2D eigenvalue weighted by atomic mass is 9.89. The van der Waals surface area contributed by atoms with Gasteiger partial charge in [-0.25, -0.2) is 0 Å². The van der Waals surface area contributed by atoms with Gasteiger partial charge in [-0.2, -0.15) is 13.2 Å². The van der Waals surface area contributed by atoms with Crippen molar-refractivity contribution in [2.24, 2.45) is 0 Å². The molecule has 2 nitrogen and oxygen atoms in total. The van der Waals surface area contributed by atoms with Crippen LogP contribution in [0.25, 0.3) is 5.57 Å². The summed E-state index contributed by atoms with van der Waals surface area (Å²) in [5, 5.41) is 0. The van der Waals surface area contributed by atoms with E-state index in [0.717, 1.165) is 46.9 Å². The van der Waals surface area contributed by atoms with Gasteiger partial charge in [-0.3, -0.25) is 4.79 Å². The van der Waals surface area contributed by atoms with E-state index in [4.69, 9.17) is 4.74 Å². The van der Waals surface area contributed by atoms with Crippen LogP contribution in [0.2, 0.25) is 0 Å². The summed E-state index contributed by atoms with van der Waals surface area (Å²) in [6, 6.07) is 4.18. The molecule has 0 atom stereocenters. The van der Waals surface area contributed by atoms with Crippen molar-refractivity contribution in [1.82, 2.24) is 0 Å². The topological polar surface area (TPSA) is 26.3 Å². The molecule has 1 aromatic carbocycles. The number of carbonyl (C=O) groups excluding carboxylic acids is 1. The van der Waals surface area contributed by atoms with Crippen LogP contribution in [0.15, 0.2) is 30.4 Å². The molecule has 5 heteroatoms. The van der Waals surface area contributed by atoms with Gasteiger partial charge >= 0.3 is 6.18 Å². The molecule has 156 valence electrons. The number of benzene rings is 1. The van der Waals surface area contributed by atoms with Crippen LogP contribution in [-0.2, 0) is 4.79 Å². The Hall–Kier alpha value is -2.04. The molecule has 0 saturated carbocycles. The lowest BCUT2D eigenvalue weighted by Gasteiger charge is -2.21. The Kier molecular flexibility index (Phi) is 8.99. The van der Waals surface area contributed by atoms with Crippen molar-refractivity contribution in [2.45, 2.75) is 72.4 Å². The van der Waals surface area contributed by atoms with Gasteiger partial charge in [0.2, 0.25) is 0 Å². The second-order valence-electron chi connectivity index (χ2n) is 7.57. The fraction of sp³-hybridized carbons (Fsp3) is 0.522. The van der Waals surface area contributed by atoms with E-state index >= 15 is 0 Å². The Morgan fingerprint density at radius 1 is 1.14 bits per heavy atom. The van der Waals surface area contributed by atoms with E-state index in [1.54, 1.807) is 0 Å². The number of ketones is 1. The Balaban J connectivity index is 3.40. The number of ether oxygens (including phenoxy) is 1. The van der Waals surface area contributed by atoms with E-state index in [2.05, 4.69) is 40.7 Å². The van der Waals surface area contributed by atoms with Gasteiger partial charge in [0.05, 0.1) is 6.61 Å². The highest BCUT2D eigenvalue weighted by molar-refractivity contribution is 5.94. The molecule has 0 unspecified atom stereocenters. The Bertz CT molecular complexity index is 726. The maximum atomic E-state index is 12.4. The molecule has 0 aliphatic heterocycles. The van der Waals surface area contributed by atoms with E-state index in [1.807, 2.05) is 13.0 Å². The number of unbranched alkanes of at least 4 members (excludes halogenated alkanes) is 1. The fourth-order valence-electron chi connectivity index (χ4n) is 2.67. The monoisotopic (exact) mass is 396 g/mol. The molecule has 0 amide bonds. The summed E-state index contributed by atoms with van der Waals surface area (Å²) in [7, 11) is 0. The second kappa shape index (κ2) is 10.5.